The number of rotatable bonds is 10. The molecule has 2 atom stereocenters. The molecular formula is C34H35F5N6O2. The molecule has 6 rings (SSSR count). The van der Waals surface area contributed by atoms with E-state index in [2.05, 4.69) is 20.9 Å². The predicted octanol–water partition coefficient (Wildman–Crippen LogP) is 6.02. The van der Waals surface area contributed by atoms with E-state index in [9.17, 15) is 13.9 Å². The van der Waals surface area contributed by atoms with Crippen molar-refractivity contribution in [1.29, 1.82) is 0 Å². The zero-order valence-electron chi connectivity index (χ0n) is 25.8. The lowest BCUT2D eigenvalue weighted by atomic mass is 9.94. The number of aromatic nitrogens is 3. The second-order valence-corrected chi connectivity index (χ2v) is 12.3. The van der Waals surface area contributed by atoms with Crippen LogP contribution in [0.15, 0.2) is 36.5 Å². The van der Waals surface area contributed by atoms with Gasteiger partial charge in [-0.25, -0.2) is 8.78 Å². The molecule has 2 saturated heterocycles. The van der Waals surface area contributed by atoms with E-state index >= 15 is 13.2 Å². The van der Waals surface area contributed by atoms with Crippen molar-refractivity contribution in [3.8, 4) is 35.4 Å². The van der Waals surface area contributed by atoms with Crippen molar-refractivity contribution in [3.05, 3.63) is 47.7 Å². The number of ether oxygens (including phenoxy) is 1. The van der Waals surface area contributed by atoms with Gasteiger partial charge in [-0.15, -0.1) is 6.42 Å². The van der Waals surface area contributed by atoms with Crippen LogP contribution in [0.4, 0.5) is 27.8 Å². The average Bonchev–Trinajstić information content (AvgIpc) is 3.49. The number of anilines is 1. The van der Waals surface area contributed by atoms with E-state index in [1.54, 1.807) is 28.0 Å². The summed E-state index contributed by atoms with van der Waals surface area (Å²) < 4.78 is 80.8. The fourth-order valence-electron chi connectivity index (χ4n) is 7.02. The SMILES string of the molecule is C#Cc1cccc2cc(O)cc(-c3ncc4c(N(CCN)CCCC)nc(OCC56C[C@@H](F)CN5C[C@H](F)C6)nc4c3C(F)(F)F)c12. The highest BCUT2D eigenvalue weighted by molar-refractivity contribution is 6.04. The Morgan fingerprint density at radius 2 is 1.89 bits per heavy atom. The van der Waals surface area contributed by atoms with Crippen LogP contribution in [-0.4, -0.2) is 82.2 Å². The fourth-order valence-corrected chi connectivity index (χ4v) is 7.02. The number of nitrogens with two attached hydrogens (primary N) is 1. The molecule has 3 N–H and O–H groups in total. The number of hydrogen-bond acceptors (Lipinski definition) is 8. The molecule has 2 aromatic carbocycles. The molecule has 2 aromatic heterocycles. The Bertz CT molecular complexity index is 1830. The number of hydrogen-bond donors (Lipinski definition) is 2. The Kier molecular flexibility index (Phi) is 8.84. The molecule has 0 aliphatic carbocycles. The van der Waals surface area contributed by atoms with Crippen LogP contribution in [0.25, 0.3) is 32.9 Å². The number of fused-ring (bicyclic) bond motifs is 3. The van der Waals surface area contributed by atoms with E-state index in [0.29, 0.717) is 29.3 Å². The van der Waals surface area contributed by atoms with Crippen LogP contribution in [0.2, 0.25) is 0 Å². The molecule has 4 aromatic rings. The second-order valence-electron chi connectivity index (χ2n) is 12.3. The van der Waals surface area contributed by atoms with E-state index in [-0.39, 0.29) is 74.2 Å². The number of nitrogens with zero attached hydrogens (tertiary/aromatic N) is 5. The topological polar surface area (TPSA) is 101 Å². The maximum atomic E-state index is 15.3. The van der Waals surface area contributed by atoms with Gasteiger partial charge in [-0.1, -0.05) is 31.4 Å². The molecule has 0 amide bonds. The summed E-state index contributed by atoms with van der Waals surface area (Å²) in [4.78, 5) is 16.7. The first-order chi connectivity index (χ1) is 22.5. The number of phenols is 1. The van der Waals surface area contributed by atoms with Crippen molar-refractivity contribution in [2.45, 2.75) is 56.7 Å². The van der Waals surface area contributed by atoms with Crippen LogP contribution < -0.4 is 15.4 Å². The molecule has 0 saturated carbocycles. The van der Waals surface area contributed by atoms with Gasteiger partial charge in [-0.3, -0.25) is 9.88 Å². The standard InChI is InChI=1S/C34H35F5N6O2/c1-3-5-10-44(11-9-40)31-26-16-41-29(25-13-24(46)12-21-8-6-7-20(4-2)27(21)25)28(34(37,38)39)30(26)42-32(43-31)47-19-33-14-22(35)17-45(33)18-23(36)15-33/h2,6-8,12-13,16,22-23,46H,3,5,9-11,14-15,17-19,40H2,1H3/t22-,23-/m1/s1. The third kappa shape index (κ3) is 6.12. The summed E-state index contributed by atoms with van der Waals surface area (Å²) in [7, 11) is 0. The van der Waals surface area contributed by atoms with E-state index in [1.165, 1.54) is 18.3 Å². The lowest BCUT2D eigenvalue weighted by Crippen LogP contribution is -2.43. The average molecular weight is 655 g/mol. The first-order valence-corrected chi connectivity index (χ1v) is 15.6. The van der Waals surface area contributed by atoms with Crippen molar-refractivity contribution >= 4 is 27.5 Å². The van der Waals surface area contributed by atoms with E-state index in [1.807, 2.05) is 6.92 Å². The Hall–Kier alpha value is -4.28. The van der Waals surface area contributed by atoms with Gasteiger partial charge in [0.25, 0.3) is 0 Å². The van der Waals surface area contributed by atoms with Gasteiger partial charge < -0.3 is 20.5 Å². The zero-order chi connectivity index (χ0) is 33.5. The van der Waals surface area contributed by atoms with Crippen LogP contribution in [0, 0.1) is 12.3 Å². The van der Waals surface area contributed by atoms with Crippen molar-refractivity contribution in [2.75, 3.05) is 44.2 Å². The summed E-state index contributed by atoms with van der Waals surface area (Å²) in [5.41, 5.74) is 3.12. The van der Waals surface area contributed by atoms with Gasteiger partial charge in [0.05, 0.1) is 22.1 Å². The highest BCUT2D eigenvalue weighted by Crippen LogP contribution is 2.46. The van der Waals surface area contributed by atoms with E-state index in [0.717, 1.165) is 6.42 Å². The molecule has 8 nitrogen and oxygen atoms in total. The Morgan fingerprint density at radius 1 is 1.15 bits per heavy atom. The fraction of sp³-hybridized carbons (Fsp3) is 0.441. The van der Waals surface area contributed by atoms with Crippen LogP contribution >= 0.6 is 0 Å². The van der Waals surface area contributed by atoms with E-state index in [4.69, 9.17) is 16.9 Å². The summed E-state index contributed by atoms with van der Waals surface area (Å²) >= 11 is 0. The van der Waals surface area contributed by atoms with Crippen LogP contribution in [-0.2, 0) is 6.18 Å². The monoisotopic (exact) mass is 654 g/mol. The highest BCUT2D eigenvalue weighted by atomic mass is 19.4. The van der Waals surface area contributed by atoms with Gasteiger partial charge in [-0.2, -0.15) is 23.1 Å². The molecule has 2 aliphatic rings. The first-order valence-electron chi connectivity index (χ1n) is 15.6. The largest absolute Gasteiger partial charge is 0.508 e. The highest BCUT2D eigenvalue weighted by Gasteiger charge is 2.53. The summed E-state index contributed by atoms with van der Waals surface area (Å²) in [6.45, 7) is 2.81. The summed E-state index contributed by atoms with van der Waals surface area (Å²) in [6, 6.07) is 7.13. The maximum absolute atomic E-state index is 15.3. The number of halogens is 5. The number of pyridine rings is 1. The van der Waals surface area contributed by atoms with Gasteiger partial charge in [0.1, 0.15) is 36.1 Å². The Labute approximate surface area is 268 Å². The van der Waals surface area contributed by atoms with E-state index < -0.39 is 40.8 Å². The number of terminal acetylenes is 1. The van der Waals surface area contributed by atoms with Crippen LogP contribution in [0.1, 0.15) is 43.7 Å². The molecule has 2 aliphatic heterocycles. The van der Waals surface area contributed by atoms with Crippen LogP contribution in [0.5, 0.6) is 11.8 Å². The third-order valence-corrected chi connectivity index (χ3v) is 9.02. The van der Waals surface area contributed by atoms with Gasteiger partial charge >= 0.3 is 12.2 Å². The smallest absolute Gasteiger partial charge is 0.420 e. The second kappa shape index (κ2) is 12.7. The molecule has 13 heteroatoms. The minimum absolute atomic E-state index is 0.0220. The lowest BCUT2D eigenvalue weighted by Gasteiger charge is -2.31. The van der Waals surface area contributed by atoms with Gasteiger partial charge in [0.15, 0.2) is 0 Å². The molecule has 0 radical (unpaired) electrons. The number of benzene rings is 2. The third-order valence-electron chi connectivity index (χ3n) is 9.02. The minimum Gasteiger partial charge on any atom is -0.508 e. The maximum Gasteiger partial charge on any atom is 0.420 e. The predicted molar refractivity (Wildman–Crippen MR) is 170 cm³/mol. The van der Waals surface area contributed by atoms with Gasteiger partial charge in [0.2, 0.25) is 0 Å². The quantitative estimate of drug-likeness (QED) is 0.158. The molecule has 4 heterocycles. The number of unbranched alkanes of at least 4 members (excludes halogenated alkanes) is 1. The summed E-state index contributed by atoms with van der Waals surface area (Å²) in [6.07, 6.45) is 1.26. The Balaban J connectivity index is 1.58. The zero-order valence-corrected chi connectivity index (χ0v) is 25.8. The lowest BCUT2D eigenvalue weighted by molar-refractivity contribution is -0.136. The van der Waals surface area contributed by atoms with Crippen LogP contribution in [0.3, 0.4) is 0 Å². The Morgan fingerprint density at radius 3 is 2.55 bits per heavy atom. The number of alkyl halides is 5. The first kappa shape index (κ1) is 32.7. The molecule has 0 bridgehead atoms. The summed E-state index contributed by atoms with van der Waals surface area (Å²) in [5.74, 6) is 2.40. The minimum atomic E-state index is -4.98. The van der Waals surface area contributed by atoms with Crippen molar-refractivity contribution in [2.24, 2.45) is 5.73 Å². The molecular weight excluding hydrogens is 619 g/mol. The van der Waals surface area contributed by atoms with Crippen molar-refractivity contribution in [3.63, 3.8) is 0 Å². The number of aromatic hydroxyl groups is 1. The van der Waals surface area contributed by atoms with Gasteiger partial charge in [0, 0.05) is 68.3 Å². The van der Waals surface area contributed by atoms with Crippen molar-refractivity contribution < 1.29 is 31.8 Å². The molecule has 2 fully saturated rings. The molecule has 47 heavy (non-hydrogen) atoms. The van der Waals surface area contributed by atoms with Crippen molar-refractivity contribution in [1.82, 2.24) is 19.9 Å². The molecule has 0 spiro atoms. The van der Waals surface area contributed by atoms with Gasteiger partial charge in [-0.05, 0) is 30.0 Å². The normalized spacial score (nSPS) is 19.3. The molecule has 0 unspecified atom stereocenters. The molecule has 248 valence electrons. The summed E-state index contributed by atoms with van der Waals surface area (Å²) in [5, 5.41) is 11.3. The number of phenolic OH excluding ortho intramolecular Hbond substituents is 1.